The summed E-state index contributed by atoms with van der Waals surface area (Å²) < 4.78 is 0. The molecule has 6 nitrogen and oxygen atoms in total. The number of amides is 2. The van der Waals surface area contributed by atoms with Crippen molar-refractivity contribution >= 4 is 11.8 Å². The first-order valence-electron chi connectivity index (χ1n) is 10.5. The summed E-state index contributed by atoms with van der Waals surface area (Å²) in [5.74, 6) is 0.452. The first-order chi connectivity index (χ1) is 12.5. The fourth-order valence-corrected chi connectivity index (χ4v) is 4.43. The molecule has 0 aromatic carbocycles. The second-order valence-electron chi connectivity index (χ2n) is 8.02. The fourth-order valence-electron chi connectivity index (χ4n) is 4.43. The van der Waals surface area contributed by atoms with E-state index in [0.717, 1.165) is 58.5 Å². The van der Waals surface area contributed by atoms with Crippen molar-refractivity contribution in [1.29, 1.82) is 0 Å². The van der Waals surface area contributed by atoms with Crippen LogP contribution in [0, 0.1) is 5.41 Å². The first-order valence-corrected chi connectivity index (χ1v) is 10.5. The number of hydrogen-bond acceptors (Lipinski definition) is 4. The van der Waals surface area contributed by atoms with Crippen molar-refractivity contribution in [3.8, 4) is 0 Å². The number of rotatable bonds is 7. The maximum atomic E-state index is 12.9. The maximum Gasteiger partial charge on any atom is 0.236 e. The minimum absolute atomic E-state index is 0.0278. The third-order valence-corrected chi connectivity index (χ3v) is 6.29. The molecule has 0 aromatic heterocycles. The average Bonchev–Trinajstić information content (AvgIpc) is 2.89. The van der Waals surface area contributed by atoms with Crippen LogP contribution in [0.25, 0.3) is 0 Å². The molecule has 2 fully saturated rings. The highest BCUT2D eigenvalue weighted by molar-refractivity contribution is 5.78. The van der Waals surface area contributed by atoms with Gasteiger partial charge < -0.3 is 15.5 Å². The van der Waals surface area contributed by atoms with Crippen molar-refractivity contribution in [2.75, 3.05) is 52.4 Å². The summed E-state index contributed by atoms with van der Waals surface area (Å²) in [5.41, 5.74) is 6.09. The molecule has 1 saturated carbocycles. The molecule has 1 heterocycles. The van der Waals surface area contributed by atoms with Gasteiger partial charge in [0.15, 0.2) is 0 Å². The molecule has 2 amide bonds. The Bertz CT molecular complexity index is 459. The van der Waals surface area contributed by atoms with E-state index in [9.17, 15) is 9.59 Å². The molecule has 0 aromatic rings. The van der Waals surface area contributed by atoms with Crippen molar-refractivity contribution < 1.29 is 9.59 Å². The predicted octanol–water partition coefficient (Wildman–Crippen LogP) is 1.69. The molecule has 150 valence electrons. The van der Waals surface area contributed by atoms with Crippen LogP contribution in [0.2, 0.25) is 0 Å². The van der Waals surface area contributed by atoms with Crippen LogP contribution in [0.3, 0.4) is 0 Å². The summed E-state index contributed by atoms with van der Waals surface area (Å²) in [6.07, 6.45) is 7.39. The lowest BCUT2D eigenvalue weighted by molar-refractivity contribution is -0.134. The molecule has 2 rings (SSSR count). The molecular formula is C20H38N4O2. The van der Waals surface area contributed by atoms with E-state index in [1.54, 1.807) is 0 Å². The molecule has 1 aliphatic carbocycles. The van der Waals surface area contributed by atoms with Crippen molar-refractivity contribution in [2.45, 2.75) is 58.8 Å². The fraction of sp³-hybridized carbons (Fsp3) is 0.900. The van der Waals surface area contributed by atoms with Gasteiger partial charge in [-0.05, 0) is 45.1 Å². The molecule has 2 N–H and O–H groups in total. The van der Waals surface area contributed by atoms with Crippen LogP contribution in [0.4, 0.5) is 0 Å². The highest BCUT2D eigenvalue weighted by Gasteiger charge is 2.34. The molecule has 6 heteroatoms. The molecule has 1 aliphatic heterocycles. The third-order valence-electron chi connectivity index (χ3n) is 6.29. The molecule has 0 atom stereocenters. The zero-order valence-corrected chi connectivity index (χ0v) is 16.8. The van der Waals surface area contributed by atoms with E-state index >= 15 is 0 Å². The summed E-state index contributed by atoms with van der Waals surface area (Å²) in [6, 6.07) is 0. The lowest BCUT2D eigenvalue weighted by Gasteiger charge is -2.37. The van der Waals surface area contributed by atoms with Crippen LogP contribution >= 0.6 is 0 Å². The van der Waals surface area contributed by atoms with Crippen LogP contribution in [0.5, 0.6) is 0 Å². The molecule has 2 aliphatic rings. The highest BCUT2D eigenvalue weighted by Crippen LogP contribution is 2.38. The molecular weight excluding hydrogens is 328 g/mol. The van der Waals surface area contributed by atoms with Crippen molar-refractivity contribution in [2.24, 2.45) is 11.1 Å². The Kier molecular flexibility index (Phi) is 8.35. The summed E-state index contributed by atoms with van der Waals surface area (Å²) in [7, 11) is 0. The van der Waals surface area contributed by atoms with Gasteiger partial charge in [0, 0.05) is 45.7 Å². The number of nitrogens with zero attached hydrogens (tertiary/aromatic N) is 3. The summed E-state index contributed by atoms with van der Waals surface area (Å²) >= 11 is 0. The summed E-state index contributed by atoms with van der Waals surface area (Å²) in [6.45, 7) is 9.84. The molecule has 26 heavy (non-hydrogen) atoms. The standard InChI is InChI=1S/C20H38N4O2/c1-3-23(4-2)19(26)16-22-11-8-12-24(14-13-22)18(25)15-20(17-21)9-6-5-7-10-20/h3-17,21H2,1-2H3. The third kappa shape index (κ3) is 5.68. The van der Waals surface area contributed by atoms with Crippen LogP contribution in [-0.4, -0.2) is 78.9 Å². The van der Waals surface area contributed by atoms with Crippen molar-refractivity contribution in [3.63, 3.8) is 0 Å². The van der Waals surface area contributed by atoms with E-state index < -0.39 is 0 Å². The average molecular weight is 367 g/mol. The Hall–Kier alpha value is -1.14. The Morgan fingerprint density at radius 1 is 0.962 bits per heavy atom. The minimum Gasteiger partial charge on any atom is -0.342 e. The van der Waals surface area contributed by atoms with Gasteiger partial charge in [-0.1, -0.05) is 19.3 Å². The van der Waals surface area contributed by atoms with Gasteiger partial charge in [0.05, 0.1) is 6.54 Å². The minimum atomic E-state index is 0.0278. The maximum absolute atomic E-state index is 12.9. The SMILES string of the molecule is CCN(CC)C(=O)CN1CCCN(C(=O)CC2(CN)CCCCC2)CC1. The van der Waals surface area contributed by atoms with E-state index in [-0.39, 0.29) is 17.2 Å². The number of carbonyl (C=O) groups is 2. The van der Waals surface area contributed by atoms with Gasteiger partial charge in [0.2, 0.25) is 11.8 Å². The lowest BCUT2D eigenvalue weighted by Crippen LogP contribution is -2.43. The Labute approximate surface area is 159 Å². The van der Waals surface area contributed by atoms with Crippen molar-refractivity contribution in [3.05, 3.63) is 0 Å². The first kappa shape index (κ1) is 21.2. The molecule has 0 bridgehead atoms. The lowest BCUT2D eigenvalue weighted by atomic mass is 9.71. The smallest absolute Gasteiger partial charge is 0.236 e. The van der Waals surface area contributed by atoms with Gasteiger partial charge in [-0.15, -0.1) is 0 Å². The highest BCUT2D eigenvalue weighted by atomic mass is 16.2. The van der Waals surface area contributed by atoms with Crippen LogP contribution in [0.15, 0.2) is 0 Å². The predicted molar refractivity (Wildman–Crippen MR) is 105 cm³/mol. The topological polar surface area (TPSA) is 69.9 Å². The zero-order chi connectivity index (χ0) is 19.0. The monoisotopic (exact) mass is 366 g/mol. The van der Waals surface area contributed by atoms with Gasteiger partial charge in [0.25, 0.3) is 0 Å². The van der Waals surface area contributed by atoms with Gasteiger partial charge >= 0.3 is 0 Å². The molecule has 0 spiro atoms. The van der Waals surface area contributed by atoms with Crippen LogP contribution in [-0.2, 0) is 9.59 Å². The van der Waals surface area contributed by atoms with Gasteiger partial charge in [-0.3, -0.25) is 14.5 Å². The number of likely N-dealkylation sites (N-methyl/N-ethyl adjacent to an activating group) is 1. The van der Waals surface area contributed by atoms with Gasteiger partial charge in [-0.25, -0.2) is 0 Å². The summed E-state index contributed by atoms with van der Waals surface area (Å²) in [5, 5.41) is 0. The second kappa shape index (κ2) is 10.3. The van der Waals surface area contributed by atoms with E-state index in [0.29, 0.717) is 19.5 Å². The number of nitrogens with two attached hydrogens (primary N) is 1. The summed E-state index contributed by atoms with van der Waals surface area (Å²) in [4.78, 5) is 31.3. The number of hydrogen-bond donors (Lipinski definition) is 1. The quantitative estimate of drug-likeness (QED) is 0.744. The molecule has 0 unspecified atom stereocenters. The molecule has 0 radical (unpaired) electrons. The van der Waals surface area contributed by atoms with E-state index in [4.69, 9.17) is 5.73 Å². The number of carbonyl (C=O) groups excluding carboxylic acids is 2. The Morgan fingerprint density at radius 2 is 1.65 bits per heavy atom. The molecule has 1 saturated heterocycles. The normalized spacial score (nSPS) is 21.3. The Balaban J connectivity index is 1.85. The van der Waals surface area contributed by atoms with E-state index in [1.165, 1.54) is 19.3 Å². The van der Waals surface area contributed by atoms with E-state index in [2.05, 4.69) is 4.90 Å². The Morgan fingerprint density at radius 3 is 2.27 bits per heavy atom. The van der Waals surface area contributed by atoms with Crippen LogP contribution < -0.4 is 5.73 Å². The second-order valence-corrected chi connectivity index (χ2v) is 8.02. The zero-order valence-electron chi connectivity index (χ0n) is 16.8. The van der Waals surface area contributed by atoms with Gasteiger partial charge in [0.1, 0.15) is 0 Å². The van der Waals surface area contributed by atoms with Gasteiger partial charge in [-0.2, -0.15) is 0 Å². The van der Waals surface area contributed by atoms with Crippen LogP contribution in [0.1, 0.15) is 58.8 Å². The van der Waals surface area contributed by atoms with Crippen molar-refractivity contribution in [1.82, 2.24) is 14.7 Å². The van der Waals surface area contributed by atoms with E-state index in [1.807, 2.05) is 23.6 Å². The largest absolute Gasteiger partial charge is 0.342 e.